The summed E-state index contributed by atoms with van der Waals surface area (Å²) in [5.74, 6) is 0.405. The Hall–Kier alpha value is -2.76. The van der Waals surface area contributed by atoms with E-state index >= 15 is 0 Å². The normalized spacial score (nSPS) is 10.0. The lowest BCUT2D eigenvalue weighted by molar-refractivity contribution is 0.0601. The summed E-state index contributed by atoms with van der Waals surface area (Å²) < 4.78 is 15.3. The molecule has 21 heavy (non-hydrogen) atoms. The fourth-order valence-electron chi connectivity index (χ4n) is 1.77. The molecule has 6 heteroatoms. The van der Waals surface area contributed by atoms with E-state index in [1.54, 1.807) is 7.11 Å². The average molecular weight is 288 g/mol. The number of hydrogen-bond donors (Lipinski definition) is 1. The van der Waals surface area contributed by atoms with Gasteiger partial charge in [0.25, 0.3) is 0 Å². The third-order valence-corrected chi connectivity index (χ3v) is 2.87. The molecule has 2 N–H and O–H groups in total. The highest BCUT2D eigenvalue weighted by molar-refractivity contribution is 5.95. The summed E-state index contributed by atoms with van der Waals surface area (Å²) in [6.07, 6.45) is 1.45. The number of nitrogens with zero attached hydrogens (tertiary/aromatic N) is 1. The van der Waals surface area contributed by atoms with E-state index in [1.807, 2.05) is 24.3 Å². The van der Waals surface area contributed by atoms with Crippen LogP contribution in [0.2, 0.25) is 0 Å². The van der Waals surface area contributed by atoms with E-state index < -0.39 is 5.97 Å². The number of anilines is 1. The SMILES string of the molecule is COC(=O)c1ccnc(OCc2cccc(OC)c2)c1N. The van der Waals surface area contributed by atoms with Crippen LogP contribution in [0.4, 0.5) is 5.69 Å². The van der Waals surface area contributed by atoms with Crippen LogP contribution in [0.25, 0.3) is 0 Å². The summed E-state index contributed by atoms with van der Waals surface area (Å²) in [7, 11) is 2.89. The molecule has 0 spiro atoms. The molecule has 1 aromatic carbocycles. The van der Waals surface area contributed by atoms with Gasteiger partial charge in [-0.05, 0) is 23.8 Å². The fraction of sp³-hybridized carbons (Fsp3) is 0.200. The molecule has 0 bridgehead atoms. The Labute approximate surface area is 122 Å². The molecule has 1 heterocycles. The molecule has 0 saturated heterocycles. The van der Waals surface area contributed by atoms with E-state index in [4.69, 9.17) is 15.2 Å². The second-order valence-electron chi connectivity index (χ2n) is 4.21. The molecule has 2 aromatic rings. The Kier molecular flexibility index (Phi) is 4.61. The number of nitrogens with two attached hydrogens (primary N) is 1. The maximum Gasteiger partial charge on any atom is 0.340 e. The maximum atomic E-state index is 11.5. The van der Waals surface area contributed by atoms with Crippen molar-refractivity contribution in [2.75, 3.05) is 20.0 Å². The predicted molar refractivity (Wildman–Crippen MR) is 77.3 cm³/mol. The van der Waals surface area contributed by atoms with Gasteiger partial charge in [0.2, 0.25) is 5.88 Å². The number of carbonyl (C=O) groups is 1. The molecule has 0 amide bonds. The first kappa shape index (κ1) is 14.6. The zero-order valence-electron chi connectivity index (χ0n) is 11.8. The maximum absolute atomic E-state index is 11.5. The standard InChI is InChI=1S/C15H16N2O4/c1-19-11-5-3-4-10(8-11)9-21-14-13(16)12(6-7-17-14)15(18)20-2/h3-8H,9,16H2,1-2H3. The lowest BCUT2D eigenvalue weighted by Gasteiger charge is -2.10. The number of rotatable bonds is 5. The fourth-order valence-corrected chi connectivity index (χ4v) is 1.77. The van der Waals surface area contributed by atoms with Gasteiger partial charge in [-0.2, -0.15) is 0 Å². The van der Waals surface area contributed by atoms with Crippen molar-refractivity contribution in [3.05, 3.63) is 47.7 Å². The zero-order chi connectivity index (χ0) is 15.2. The van der Waals surface area contributed by atoms with Crippen LogP contribution >= 0.6 is 0 Å². The topological polar surface area (TPSA) is 83.7 Å². The van der Waals surface area contributed by atoms with Crippen molar-refractivity contribution in [1.82, 2.24) is 4.98 Å². The van der Waals surface area contributed by atoms with Crippen molar-refractivity contribution in [2.24, 2.45) is 0 Å². The third kappa shape index (κ3) is 3.42. The van der Waals surface area contributed by atoms with Gasteiger partial charge in [0.05, 0.1) is 19.8 Å². The Morgan fingerprint density at radius 1 is 1.29 bits per heavy atom. The summed E-state index contributed by atoms with van der Waals surface area (Å²) in [6, 6.07) is 8.93. The van der Waals surface area contributed by atoms with E-state index in [1.165, 1.54) is 19.4 Å². The minimum Gasteiger partial charge on any atom is -0.497 e. The number of pyridine rings is 1. The van der Waals surface area contributed by atoms with Crippen LogP contribution in [0.15, 0.2) is 36.5 Å². The highest BCUT2D eigenvalue weighted by Crippen LogP contribution is 2.24. The number of esters is 1. The van der Waals surface area contributed by atoms with Gasteiger partial charge in [0.1, 0.15) is 18.0 Å². The minimum absolute atomic E-state index is 0.159. The average Bonchev–Trinajstić information content (AvgIpc) is 2.53. The first-order valence-corrected chi connectivity index (χ1v) is 6.24. The first-order valence-electron chi connectivity index (χ1n) is 6.24. The van der Waals surface area contributed by atoms with Gasteiger partial charge in [-0.15, -0.1) is 0 Å². The number of carbonyl (C=O) groups excluding carboxylic acids is 1. The van der Waals surface area contributed by atoms with E-state index in [0.29, 0.717) is 0 Å². The lowest BCUT2D eigenvalue weighted by atomic mass is 10.2. The van der Waals surface area contributed by atoms with Gasteiger partial charge in [0, 0.05) is 6.20 Å². The van der Waals surface area contributed by atoms with E-state index in [2.05, 4.69) is 9.72 Å². The number of methoxy groups -OCH3 is 2. The summed E-state index contributed by atoms with van der Waals surface area (Å²) in [4.78, 5) is 15.6. The highest BCUT2D eigenvalue weighted by Gasteiger charge is 2.14. The van der Waals surface area contributed by atoms with Crippen LogP contribution in [0, 0.1) is 0 Å². The molecular weight excluding hydrogens is 272 g/mol. The van der Waals surface area contributed by atoms with Crippen molar-refractivity contribution in [3.63, 3.8) is 0 Å². The summed E-state index contributed by atoms with van der Waals surface area (Å²) in [6.45, 7) is 0.263. The van der Waals surface area contributed by atoms with Crippen LogP contribution in [-0.2, 0) is 11.3 Å². The number of hydrogen-bond acceptors (Lipinski definition) is 6. The minimum atomic E-state index is -0.527. The van der Waals surface area contributed by atoms with Crippen molar-refractivity contribution in [3.8, 4) is 11.6 Å². The Morgan fingerprint density at radius 3 is 2.81 bits per heavy atom. The van der Waals surface area contributed by atoms with E-state index in [0.717, 1.165) is 11.3 Å². The molecule has 0 aliphatic rings. The van der Waals surface area contributed by atoms with Gasteiger partial charge in [0.15, 0.2) is 0 Å². The van der Waals surface area contributed by atoms with Crippen molar-refractivity contribution in [2.45, 2.75) is 6.61 Å². The van der Waals surface area contributed by atoms with Gasteiger partial charge < -0.3 is 19.9 Å². The Morgan fingerprint density at radius 2 is 2.10 bits per heavy atom. The Balaban J connectivity index is 2.14. The van der Waals surface area contributed by atoms with Gasteiger partial charge in [-0.3, -0.25) is 0 Å². The molecule has 0 aliphatic carbocycles. The van der Waals surface area contributed by atoms with Crippen molar-refractivity contribution < 1.29 is 19.0 Å². The summed E-state index contributed by atoms with van der Waals surface area (Å²) in [5, 5.41) is 0. The predicted octanol–water partition coefficient (Wildman–Crippen LogP) is 2.04. The largest absolute Gasteiger partial charge is 0.497 e. The van der Waals surface area contributed by atoms with Crippen molar-refractivity contribution >= 4 is 11.7 Å². The first-order chi connectivity index (χ1) is 10.2. The molecule has 2 rings (SSSR count). The molecule has 0 unspecified atom stereocenters. The quantitative estimate of drug-likeness (QED) is 0.848. The lowest BCUT2D eigenvalue weighted by Crippen LogP contribution is -2.09. The molecule has 0 aliphatic heterocycles. The zero-order valence-corrected chi connectivity index (χ0v) is 11.8. The highest BCUT2D eigenvalue weighted by atomic mass is 16.5. The summed E-state index contributed by atoms with van der Waals surface area (Å²) >= 11 is 0. The molecule has 0 fully saturated rings. The molecule has 110 valence electrons. The third-order valence-electron chi connectivity index (χ3n) is 2.87. The molecular formula is C15H16N2O4. The summed E-state index contributed by atoms with van der Waals surface area (Å²) in [5.41, 5.74) is 7.16. The van der Waals surface area contributed by atoms with E-state index in [9.17, 15) is 4.79 Å². The number of nitrogen functional groups attached to an aromatic ring is 1. The smallest absolute Gasteiger partial charge is 0.340 e. The molecule has 6 nitrogen and oxygen atoms in total. The molecule has 0 radical (unpaired) electrons. The van der Waals surface area contributed by atoms with Crippen LogP contribution < -0.4 is 15.2 Å². The van der Waals surface area contributed by atoms with Gasteiger partial charge in [-0.1, -0.05) is 12.1 Å². The molecule has 0 atom stereocenters. The van der Waals surface area contributed by atoms with Gasteiger partial charge in [-0.25, -0.2) is 9.78 Å². The number of ether oxygens (including phenoxy) is 3. The second kappa shape index (κ2) is 6.60. The number of benzene rings is 1. The van der Waals surface area contributed by atoms with Crippen molar-refractivity contribution in [1.29, 1.82) is 0 Å². The van der Waals surface area contributed by atoms with Crippen LogP contribution in [0.3, 0.4) is 0 Å². The second-order valence-corrected chi connectivity index (χ2v) is 4.21. The Bertz CT molecular complexity index is 643. The molecule has 0 saturated carbocycles. The molecule has 1 aromatic heterocycles. The van der Waals surface area contributed by atoms with Crippen LogP contribution in [-0.4, -0.2) is 25.2 Å². The number of aromatic nitrogens is 1. The monoisotopic (exact) mass is 288 g/mol. The van der Waals surface area contributed by atoms with Crippen LogP contribution in [0.5, 0.6) is 11.6 Å². The van der Waals surface area contributed by atoms with E-state index in [-0.39, 0.29) is 23.7 Å². The van der Waals surface area contributed by atoms with Crippen LogP contribution in [0.1, 0.15) is 15.9 Å². The van der Waals surface area contributed by atoms with Gasteiger partial charge >= 0.3 is 5.97 Å².